The molecule has 4 nitrogen and oxygen atoms in total. The van der Waals surface area contributed by atoms with Gasteiger partial charge in [-0.05, 0) is 12.1 Å². The van der Waals surface area contributed by atoms with E-state index in [-0.39, 0.29) is 17.5 Å². The number of hydrogen-bond donors (Lipinski definition) is 1. The van der Waals surface area contributed by atoms with E-state index in [9.17, 15) is 18.0 Å². The maximum absolute atomic E-state index is 12.5. The number of hydrogen-bond acceptors (Lipinski definition) is 3. The Hall–Kier alpha value is -1.50. The van der Waals surface area contributed by atoms with Gasteiger partial charge in [-0.2, -0.15) is 13.2 Å². The Kier molecular flexibility index (Phi) is 3.82. The Bertz CT molecular complexity index is 436. The largest absolute Gasteiger partial charge is 0.416 e. The molecule has 0 saturated carbocycles. The molecule has 2 N–H and O–H groups in total. The van der Waals surface area contributed by atoms with Crippen molar-refractivity contribution in [1.29, 1.82) is 0 Å². The molecule has 1 heterocycles. The van der Waals surface area contributed by atoms with Crippen molar-refractivity contribution in [2.75, 3.05) is 18.5 Å². The van der Waals surface area contributed by atoms with E-state index in [0.717, 1.165) is 6.07 Å². The molecule has 0 bridgehead atoms. The number of likely N-dealkylation sites (N-methyl/N-ethyl adjacent to an activating group) is 1. The van der Waals surface area contributed by atoms with Gasteiger partial charge in [0, 0.05) is 7.05 Å². The number of nitrogens with zero attached hydrogens (tertiary/aromatic N) is 2. The lowest BCUT2D eigenvalue weighted by Gasteiger charge is -2.17. The third-order valence-electron chi connectivity index (χ3n) is 1.89. The Balaban J connectivity index is 3.09. The summed E-state index contributed by atoms with van der Waals surface area (Å²) < 4.78 is 37.4. The summed E-state index contributed by atoms with van der Waals surface area (Å²) >= 11 is 5.48. The molecule has 0 aromatic carbocycles. The molecule has 0 saturated heterocycles. The van der Waals surface area contributed by atoms with Crippen LogP contribution in [0.5, 0.6) is 0 Å². The van der Waals surface area contributed by atoms with Crippen molar-refractivity contribution in [3.63, 3.8) is 0 Å². The molecule has 0 spiro atoms. The van der Waals surface area contributed by atoms with E-state index in [2.05, 4.69) is 4.98 Å². The monoisotopic (exact) mass is 267 g/mol. The van der Waals surface area contributed by atoms with Crippen LogP contribution in [-0.4, -0.2) is 24.5 Å². The smallest absolute Gasteiger partial charge is 0.368 e. The van der Waals surface area contributed by atoms with Crippen molar-refractivity contribution >= 4 is 23.3 Å². The van der Waals surface area contributed by atoms with Crippen molar-refractivity contribution in [3.05, 3.63) is 22.8 Å². The minimum Gasteiger partial charge on any atom is -0.368 e. The van der Waals surface area contributed by atoms with Gasteiger partial charge >= 0.3 is 6.18 Å². The number of carbonyl (C=O) groups is 1. The second-order valence-corrected chi connectivity index (χ2v) is 3.74. The summed E-state index contributed by atoms with van der Waals surface area (Å²) in [7, 11) is 1.39. The number of aromatic nitrogens is 1. The molecule has 0 aliphatic rings. The van der Waals surface area contributed by atoms with Crippen LogP contribution in [0.15, 0.2) is 12.1 Å². The fraction of sp³-hybridized carbons (Fsp3) is 0.333. The van der Waals surface area contributed by atoms with E-state index in [4.69, 9.17) is 17.3 Å². The van der Waals surface area contributed by atoms with Crippen molar-refractivity contribution in [3.8, 4) is 0 Å². The van der Waals surface area contributed by atoms with Crippen LogP contribution in [0, 0.1) is 0 Å². The number of alkyl halides is 3. The number of amides is 1. The molecule has 0 aliphatic heterocycles. The minimum absolute atomic E-state index is 0.0661. The number of anilines is 1. The Morgan fingerprint density at radius 3 is 2.59 bits per heavy atom. The normalized spacial score (nSPS) is 11.4. The molecule has 0 unspecified atom stereocenters. The summed E-state index contributed by atoms with van der Waals surface area (Å²) in [5, 5.41) is -0.300. The number of primary amides is 1. The molecule has 0 atom stereocenters. The van der Waals surface area contributed by atoms with Gasteiger partial charge in [0.15, 0.2) is 0 Å². The van der Waals surface area contributed by atoms with Crippen LogP contribution in [0.4, 0.5) is 19.0 Å². The molecule has 1 amide bonds. The molecular weight excluding hydrogens is 259 g/mol. The highest BCUT2D eigenvalue weighted by Crippen LogP contribution is 2.32. The number of pyridine rings is 1. The van der Waals surface area contributed by atoms with Gasteiger partial charge in [-0.3, -0.25) is 4.79 Å². The van der Waals surface area contributed by atoms with Gasteiger partial charge in [-0.1, -0.05) is 11.6 Å². The first-order valence-electron chi connectivity index (χ1n) is 4.44. The molecule has 1 rings (SSSR count). The predicted molar refractivity (Wildman–Crippen MR) is 56.7 cm³/mol. The van der Waals surface area contributed by atoms with E-state index in [1.54, 1.807) is 0 Å². The Morgan fingerprint density at radius 2 is 2.12 bits per heavy atom. The predicted octanol–water partition coefficient (Wildman–Crippen LogP) is 1.68. The van der Waals surface area contributed by atoms with Crippen LogP contribution in [-0.2, 0) is 11.0 Å². The molecule has 0 aliphatic carbocycles. The second-order valence-electron chi connectivity index (χ2n) is 3.36. The lowest BCUT2D eigenvalue weighted by atomic mass is 10.2. The SMILES string of the molecule is CN(CC(N)=O)c1cc(C(F)(F)F)cc(Cl)n1. The van der Waals surface area contributed by atoms with Gasteiger partial charge in [0.2, 0.25) is 5.91 Å². The third kappa shape index (κ3) is 3.77. The molecule has 0 radical (unpaired) electrons. The summed E-state index contributed by atoms with van der Waals surface area (Å²) in [6.45, 7) is -0.245. The van der Waals surface area contributed by atoms with E-state index in [1.807, 2.05) is 0 Å². The van der Waals surface area contributed by atoms with Gasteiger partial charge in [-0.25, -0.2) is 4.98 Å². The second kappa shape index (κ2) is 4.79. The van der Waals surface area contributed by atoms with Gasteiger partial charge in [0.25, 0.3) is 0 Å². The molecule has 0 fully saturated rings. The highest BCUT2D eigenvalue weighted by molar-refractivity contribution is 6.29. The summed E-state index contributed by atoms with van der Waals surface area (Å²) in [6.07, 6.45) is -4.52. The zero-order chi connectivity index (χ0) is 13.2. The Labute approximate surface area is 100 Å². The summed E-state index contributed by atoms with van der Waals surface area (Å²) in [5.41, 5.74) is 4.00. The number of carbonyl (C=O) groups excluding carboxylic acids is 1. The van der Waals surface area contributed by atoms with E-state index in [1.165, 1.54) is 11.9 Å². The topological polar surface area (TPSA) is 59.2 Å². The van der Waals surface area contributed by atoms with Crippen LogP contribution >= 0.6 is 11.6 Å². The first-order valence-corrected chi connectivity index (χ1v) is 4.82. The maximum Gasteiger partial charge on any atom is 0.416 e. The van der Waals surface area contributed by atoms with Crippen LogP contribution in [0.2, 0.25) is 5.15 Å². The van der Waals surface area contributed by atoms with Crippen LogP contribution in [0.1, 0.15) is 5.56 Å². The average molecular weight is 268 g/mol. The van der Waals surface area contributed by atoms with Gasteiger partial charge < -0.3 is 10.6 Å². The van der Waals surface area contributed by atoms with Crippen LogP contribution in [0.3, 0.4) is 0 Å². The summed E-state index contributed by atoms with van der Waals surface area (Å²) in [6, 6.07) is 1.51. The molecule has 17 heavy (non-hydrogen) atoms. The fourth-order valence-corrected chi connectivity index (χ4v) is 1.36. The van der Waals surface area contributed by atoms with Crippen molar-refractivity contribution in [1.82, 2.24) is 4.98 Å². The fourth-order valence-electron chi connectivity index (χ4n) is 1.16. The first kappa shape index (κ1) is 13.6. The summed E-state index contributed by atoms with van der Waals surface area (Å²) in [5.74, 6) is -0.744. The highest BCUT2D eigenvalue weighted by Gasteiger charge is 2.31. The number of rotatable bonds is 3. The Morgan fingerprint density at radius 1 is 1.53 bits per heavy atom. The first-order chi connectivity index (χ1) is 7.70. The van der Waals surface area contributed by atoms with Crippen molar-refractivity contribution in [2.45, 2.75) is 6.18 Å². The van der Waals surface area contributed by atoms with Gasteiger partial charge in [-0.15, -0.1) is 0 Å². The van der Waals surface area contributed by atoms with Crippen molar-refractivity contribution < 1.29 is 18.0 Å². The third-order valence-corrected chi connectivity index (χ3v) is 2.09. The zero-order valence-corrected chi connectivity index (χ0v) is 9.51. The van der Waals surface area contributed by atoms with Crippen LogP contribution in [0.25, 0.3) is 0 Å². The standard InChI is InChI=1S/C9H9ClF3N3O/c1-16(4-7(14)17)8-3-5(9(11,12)13)2-6(10)15-8/h2-3H,4H2,1H3,(H2,14,17). The van der Waals surface area contributed by atoms with Crippen molar-refractivity contribution in [2.24, 2.45) is 5.73 Å². The molecule has 8 heteroatoms. The number of halogens is 4. The lowest BCUT2D eigenvalue weighted by Crippen LogP contribution is -2.31. The maximum atomic E-state index is 12.5. The minimum atomic E-state index is -4.52. The summed E-state index contributed by atoms with van der Waals surface area (Å²) in [4.78, 5) is 15.5. The van der Waals surface area contributed by atoms with E-state index >= 15 is 0 Å². The van der Waals surface area contributed by atoms with Crippen LogP contribution < -0.4 is 10.6 Å². The molecule has 1 aromatic rings. The van der Waals surface area contributed by atoms with E-state index in [0.29, 0.717) is 6.07 Å². The van der Waals surface area contributed by atoms with E-state index < -0.39 is 17.6 Å². The average Bonchev–Trinajstić information content (AvgIpc) is 2.14. The van der Waals surface area contributed by atoms with Gasteiger partial charge in [0.1, 0.15) is 11.0 Å². The number of nitrogens with two attached hydrogens (primary N) is 1. The lowest BCUT2D eigenvalue weighted by molar-refractivity contribution is -0.137. The zero-order valence-electron chi connectivity index (χ0n) is 8.75. The molecular formula is C9H9ClF3N3O. The quantitative estimate of drug-likeness (QED) is 0.848. The highest BCUT2D eigenvalue weighted by atomic mass is 35.5. The molecule has 1 aromatic heterocycles. The van der Waals surface area contributed by atoms with Gasteiger partial charge in [0.05, 0.1) is 12.1 Å². The molecule has 94 valence electrons.